The van der Waals surface area contributed by atoms with Gasteiger partial charge < -0.3 is 5.11 Å². The molecule has 0 saturated carbocycles. The van der Waals surface area contributed by atoms with Crippen molar-refractivity contribution in [3.05, 3.63) is 21.0 Å². The van der Waals surface area contributed by atoms with E-state index in [1.165, 1.54) is 0 Å². The van der Waals surface area contributed by atoms with E-state index in [-0.39, 0.29) is 0 Å². The second-order valence-corrected chi connectivity index (χ2v) is 3.24. The minimum atomic E-state index is 0.297. The third-order valence-corrected chi connectivity index (χ3v) is 2.02. The lowest BCUT2D eigenvalue weighted by Crippen LogP contribution is -1.88. The van der Waals surface area contributed by atoms with Gasteiger partial charge in [-0.2, -0.15) is 0 Å². The van der Waals surface area contributed by atoms with Crippen LogP contribution >= 0.6 is 22.6 Å². The Bertz CT molecular complexity index is 237. The molecule has 0 fully saturated rings. The molecule has 1 heterocycles. The third-order valence-electron chi connectivity index (χ3n) is 1.27. The lowest BCUT2D eigenvalue weighted by atomic mass is 10.2. The summed E-state index contributed by atoms with van der Waals surface area (Å²) in [6.45, 7) is 3.78. The molecular weight excluding hydrogens is 241 g/mol. The van der Waals surface area contributed by atoms with E-state index in [0.29, 0.717) is 9.45 Å². The van der Waals surface area contributed by atoms with Gasteiger partial charge >= 0.3 is 0 Å². The van der Waals surface area contributed by atoms with Crippen molar-refractivity contribution in [2.24, 2.45) is 0 Å². The predicted octanol–water partition coefficient (Wildman–Crippen LogP) is 2.01. The zero-order valence-corrected chi connectivity index (χ0v) is 8.01. The van der Waals surface area contributed by atoms with Gasteiger partial charge in [0.05, 0.1) is 0 Å². The molecule has 1 aromatic heterocycles. The van der Waals surface area contributed by atoms with Crippen molar-refractivity contribution < 1.29 is 5.11 Å². The summed E-state index contributed by atoms with van der Waals surface area (Å²) in [5, 5.41) is 9.26. The van der Waals surface area contributed by atoms with Crippen molar-refractivity contribution in [2.45, 2.75) is 13.8 Å². The molecule has 0 aliphatic heterocycles. The largest absolute Gasteiger partial charge is 0.505 e. The fourth-order valence-electron chi connectivity index (χ4n) is 0.784. The van der Waals surface area contributed by atoms with E-state index < -0.39 is 0 Å². The lowest BCUT2D eigenvalue weighted by molar-refractivity contribution is 0.463. The highest BCUT2D eigenvalue weighted by Gasteiger charge is 2.02. The highest BCUT2D eigenvalue weighted by Crippen LogP contribution is 2.21. The molecule has 0 unspecified atom stereocenters. The van der Waals surface area contributed by atoms with Crippen LogP contribution in [0.1, 0.15) is 11.3 Å². The van der Waals surface area contributed by atoms with Crippen molar-refractivity contribution in [3.63, 3.8) is 0 Å². The van der Waals surface area contributed by atoms with E-state index in [1.54, 1.807) is 0 Å². The van der Waals surface area contributed by atoms with E-state index in [0.717, 1.165) is 11.3 Å². The zero-order valence-electron chi connectivity index (χ0n) is 5.85. The monoisotopic (exact) mass is 249 g/mol. The zero-order chi connectivity index (χ0) is 7.72. The van der Waals surface area contributed by atoms with Crippen LogP contribution in [0.4, 0.5) is 0 Å². The molecule has 1 aromatic rings. The van der Waals surface area contributed by atoms with Gasteiger partial charge in [0.25, 0.3) is 0 Å². The smallest absolute Gasteiger partial charge is 0.150 e. The Balaban J connectivity index is 3.31. The number of pyridine rings is 1. The molecule has 0 aromatic carbocycles. The van der Waals surface area contributed by atoms with Crippen LogP contribution < -0.4 is 0 Å². The summed E-state index contributed by atoms with van der Waals surface area (Å²) in [6, 6.07) is 1.86. The minimum Gasteiger partial charge on any atom is -0.505 e. The molecule has 10 heavy (non-hydrogen) atoms. The third kappa shape index (κ3) is 1.39. The van der Waals surface area contributed by atoms with Crippen LogP contribution in [0.25, 0.3) is 0 Å². The van der Waals surface area contributed by atoms with Crippen LogP contribution in [0.15, 0.2) is 6.07 Å². The number of halogens is 1. The van der Waals surface area contributed by atoms with Gasteiger partial charge in [-0.15, -0.1) is 0 Å². The van der Waals surface area contributed by atoms with Crippen molar-refractivity contribution in [1.29, 1.82) is 0 Å². The Kier molecular flexibility index (Phi) is 2.13. The number of nitrogens with zero attached hydrogens (tertiary/aromatic N) is 1. The standard InChI is InChI=1S/C7H8INO/c1-4-3-5(2)9-7(8)6(4)10/h3,10H,1-2H3. The maximum atomic E-state index is 9.26. The molecule has 0 saturated heterocycles. The lowest BCUT2D eigenvalue weighted by Gasteiger charge is -2.00. The van der Waals surface area contributed by atoms with Gasteiger partial charge in [0.2, 0.25) is 0 Å². The Labute approximate surface area is 73.4 Å². The number of aryl methyl sites for hydroxylation is 2. The maximum absolute atomic E-state index is 9.26. The number of aromatic nitrogens is 1. The number of aromatic hydroxyl groups is 1. The van der Waals surface area contributed by atoms with Crippen LogP contribution in [0.5, 0.6) is 5.75 Å². The topological polar surface area (TPSA) is 33.1 Å². The summed E-state index contributed by atoms with van der Waals surface area (Å²) in [5.41, 5.74) is 1.83. The van der Waals surface area contributed by atoms with Gasteiger partial charge in [-0.1, -0.05) is 0 Å². The van der Waals surface area contributed by atoms with Gasteiger partial charge in [0, 0.05) is 5.69 Å². The second kappa shape index (κ2) is 2.74. The SMILES string of the molecule is Cc1cc(C)c(O)c(I)n1. The number of hydrogen-bond donors (Lipinski definition) is 1. The summed E-state index contributed by atoms with van der Waals surface area (Å²) in [6.07, 6.45) is 0. The average molecular weight is 249 g/mol. The highest BCUT2D eigenvalue weighted by atomic mass is 127. The molecule has 0 radical (unpaired) electrons. The van der Waals surface area contributed by atoms with Crippen molar-refractivity contribution in [1.82, 2.24) is 4.98 Å². The van der Waals surface area contributed by atoms with Gasteiger partial charge in [-0.05, 0) is 48.1 Å². The molecular formula is C7H8INO. The first kappa shape index (κ1) is 7.78. The van der Waals surface area contributed by atoms with E-state index in [2.05, 4.69) is 4.98 Å². The predicted molar refractivity (Wildman–Crippen MR) is 48.1 cm³/mol. The summed E-state index contributed by atoms with van der Waals surface area (Å²) in [5.74, 6) is 0.297. The highest BCUT2D eigenvalue weighted by molar-refractivity contribution is 14.1. The molecule has 0 bridgehead atoms. The molecule has 0 aliphatic rings. The molecule has 1 rings (SSSR count). The minimum absolute atomic E-state index is 0.297. The summed E-state index contributed by atoms with van der Waals surface area (Å²) in [7, 11) is 0. The Morgan fingerprint density at radius 3 is 2.60 bits per heavy atom. The van der Waals surface area contributed by atoms with Gasteiger partial charge in [0.15, 0.2) is 0 Å². The first-order chi connectivity index (χ1) is 4.61. The first-order valence-corrected chi connectivity index (χ1v) is 4.02. The Morgan fingerprint density at radius 1 is 1.50 bits per heavy atom. The number of hydrogen-bond acceptors (Lipinski definition) is 2. The van der Waals surface area contributed by atoms with Crippen LogP contribution in [0, 0.1) is 17.5 Å². The molecule has 2 nitrogen and oxygen atoms in total. The van der Waals surface area contributed by atoms with Crippen LogP contribution in [0.2, 0.25) is 0 Å². The van der Waals surface area contributed by atoms with Crippen LogP contribution in [-0.4, -0.2) is 10.1 Å². The summed E-state index contributed by atoms with van der Waals surface area (Å²) >= 11 is 2.01. The molecule has 1 N–H and O–H groups in total. The number of rotatable bonds is 0. The summed E-state index contributed by atoms with van der Waals surface area (Å²) in [4.78, 5) is 4.07. The van der Waals surface area contributed by atoms with E-state index in [9.17, 15) is 5.11 Å². The van der Waals surface area contributed by atoms with Gasteiger partial charge in [-0.25, -0.2) is 4.98 Å². The molecule has 3 heteroatoms. The first-order valence-electron chi connectivity index (χ1n) is 2.94. The van der Waals surface area contributed by atoms with E-state index in [4.69, 9.17) is 0 Å². The Hall–Kier alpha value is -0.320. The Morgan fingerprint density at radius 2 is 2.10 bits per heavy atom. The van der Waals surface area contributed by atoms with E-state index >= 15 is 0 Å². The van der Waals surface area contributed by atoms with Crippen molar-refractivity contribution >= 4 is 22.6 Å². The average Bonchev–Trinajstić information content (AvgIpc) is 1.82. The maximum Gasteiger partial charge on any atom is 0.150 e. The fraction of sp³-hybridized carbons (Fsp3) is 0.286. The van der Waals surface area contributed by atoms with Crippen LogP contribution in [0.3, 0.4) is 0 Å². The molecule has 0 amide bonds. The summed E-state index contributed by atoms with van der Waals surface area (Å²) < 4.78 is 0.676. The normalized spacial score (nSPS) is 9.90. The van der Waals surface area contributed by atoms with Gasteiger partial charge in [0.1, 0.15) is 9.45 Å². The quantitative estimate of drug-likeness (QED) is 0.563. The second-order valence-electron chi connectivity index (χ2n) is 2.22. The fourth-order valence-corrected chi connectivity index (χ4v) is 1.59. The molecule has 0 atom stereocenters. The molecule has 0 aliphatic carbocycles. The van der Waals surface area contributed by atoms with Gasteiger partial charge in [-0.3, -0.25) is 0 Å². The molecule has 0 spiro atoms. The van der Waals surface area contributed by atoms with E-state index in [1.807, 2.05) is 42.5 Å². The van der Waals surface area contributed by atoms with Crippen LogP contribution in [-0.2, 0) is 0 Å². The van der Waals surface area contributed by atoms with Crippen molar-refractivity contribution in [2.75, 3.05) is 0 Å². The van der Waals surface area contributed by atoms with Crippen molar-refractivity contribution in [3.8, 4) is 5.75 Å². The molecule has 54 valence electrons.